The summed E-state index contributed by atoms with van der Waals surface area (Å²) in [4.78, 5) is 38.0. The number of nitrogens with zero attached hydrogens (tertiary/aromatic N) is 1. The molecule has 0 spiro atoms. The number of aliphatic imine (C=N–C) groups is 1. The standard InChI is InChI=1S/C13H18N2O7S/c1-5(16)19-4-8-10(20-6(2)17)11(21-7(3)18)9-12(22-8)23-13(14)15-9/h8-12H,4H2,1-3H3,(H2,14,15). The molecule has 0 aromatic rings. The molecule has 1 fully saturated rings. The molecule has 2 N–H and O–H groups in total. The van der Waals surface area contributed by atoms with Crippen molar-refractivity contribution >= 4 is 34.8 Å². The summed E-state index contributed by atoms with van der Waals surface area (Å²) >= 11 is 1.17. The number of nitrogens with two attached hydrogens (primary N) is 1. The molecular formula is C13H18N2O7S. The summed E-state index contributed by atoms with van der Waals surface area (Å²) in [6.45, 7) is 3.57. The highest BCUT2D eigenvalue weighted by Crippen LogP contribution is 2.37. The fourth-order valence-corrected chi connectivity index (χ4v) is 3.39. The minimum atomic E-state index is -0.952. The van der Waals surface area contributed by atoms with Crippen molar-refractivity contribution in [1.29, 1.82) is 0 Å². The Morgan fingerprint density at radius 2 is 1.74 bits per heavy atom. The third-order valence-corrected chi connectivity index (χ3v) is 4.15. The Morgan fingerprint density at radius 1 is 1.13 bits per heavy atom. The van der Waals surface area contributed by atoms with Crippen LogP contribution in [-0.2, 0) is 33.3 Å². The summed E-state index contributed by atoms with van der Waals surface area (Å²) in [5, 5.41) is 0.284. The van der Waals surface area contributed by atoms with Crippen molar-refractivity contribution in [2.24, 2.45) is 10.7 Å². The first-order valence-electron chi connectivity index (χ1n) is 6.91. The first-order chi connectivity index (χ1) is 10.8. The molecule has 9 nitrogen and oxygen atoms in total. The largest absolute Gasteiger partial charge is 0.463 e. The van der Waals surface area contributed by atoms with Gasteiger partial charge in [-0.05, 0) is 0 Å². The van der Waals surface area contributed by atoms with Gasteiger partial charge in [0.1, 0.15) is 24.2 Å². The van der Waals surface area contributed by atoms with Crippen LogP contribution in [0.5, 0.6) is 0 Å². The monoisotopic (exact) mass is 346 g/mol. The van der Waals surface area contributed by atoms with Crippen LogP contribution in [0.25, 0.3) is 0 Å². The van der Waals surface area contributed by atoms with Crippen molar-refractivity contribution in [3.8, 4) is 0 Å². The predicted octanol–water partition coefficient (Wildman–Crippen LogP) is -0.432. The molecule has 0 radical (unpaired) electrons. The van der Waals surface area contributed by atoms with E-state index >= 15 is 0 Å². The van der Waals surface area contributed by atoms with E-state index in [2.05, 4.69) is 4.99 Å². The van der Waals surface area contributed by atoms with E-state index in [-0.39, 0.29) is 11.8 Å². The summed E-state index contributed by atoms with van der Waals surface area (Å²) in [6, 6.07) is -0.596. The van der Waals surface area contributed by atoms with E-state index in [0.29, 0.717) is 0 Å². The van der Waals surface area contributed by atoms with Crippen molar-refractivity contribution in [3.63, 3.8) is 0 Å². The zero-order chi connectivity index (χ0) is 17.1. The second kappa shape index (κ2) is 7.18. The van der Waals surface area contributed by atoms with Crippen LogP contribution in [0.15, 0.2) is 4.99 Å². The Labute approximate surface area is 136 Å². The van der Waals surface area contributed by atoms with Gasteiger partial charge >= 0.3 is 17.9 Å². The third kappa shape index (κ3) is 4.35. The minimum Gasteiger partial charge on any atom is -0.463 e. The van der Waals surface area contributed by atoms with E-state index in [4.69, 9.17) is 24.7 Å². The van der Waals surface area contributed by atoms with Crippen LogP contribution in [0.1, 0.15) is 20.8 Å². The zero-order valence-electron chi connectivity index (χ0n) is 12.9. The summed E-state index contributed by atoms with van der Waals surface area (Å²) in [7, 11) is 0. The van der Waals surface area contributed by atoms with Crippen LogP contribution in [0, 0.1) is 0 Å². The smallest absolute Gasteiger partial charge is 0.303 e. The van der Waals surface area contributed by atoms with Crippen molar-refractivity contribution < 1.29 is 33.3 Å². The average molecular weight is 346 g/mol. The van der Waals surface area contributed by atoms with Gasteiger partial charge in [0.05, 0.1) is 0 Å². The van der Waals surface area contributed by atoms with E-state index < -0.39 is 47.7 Å². The number of ether oxygens (including phenoxy) is 4. The van der Waals surface area contributed by atoms with E-state index in [1.807, 2.05) is 0 Å². The SMILES string of the molecule is CC(=O)OCC1OC2SC(N)=NC2C(OC(C)=O)C1OC(C)=O. The number of rotatable bonds is 4. The number of esters is 3. The Bertz CT molecular complexity index is 538. The van der Waals surface area contributed by atoms with Crippen LogP contribution < -0.4 is 5.73 Å². The van der Waals surface area contributed by atoms with Gasteiger partial charge in [-0.1, -0.05) is 11.8 Å². The van der Waals surface area contributed by atoms with Crippen LogP contribution >= 0.6 is 11.8 Å². The lowest BCUT2D eigenvalue weighted by atomic mass is 9.98. The van der Waals surface area contributed by atoms with Crippen molar-refractivity contribution in [1.82, 2.24) is 0 Å². The van der Waals surface area contributed by atoms with Crippen molar-refractivity contribution in [2.75, 3.05) is 6.61 Å². The minimum absolute atomic E-state index is 0.144. The number of carbonyl (C=O) groups is 3. The van der Waals surface area contributed by atoms with Gasteiger partial charge in [0, 0.05) is 20.8 Å². The van der Waals surface area contributed by atoms with Gasteiger partial charge in [-0.3, -0.25) is 19.4 Å². The summed E-state index contributed by atoms with van der Waals surface area (Å²) in [5.74, 6) is -1.63. The van der Waals surface area contributed by atoms with Gasteiger partial charge in [-0.25, -0.2) is 0 Å². The summed E-state index contributed by atoms with van der Waals surface area (Å²) in [5.41, 5.74) is 5.19. The molecule has 0 amide bonds. The van der Waals surface area contributed by atoms with E-state index in [0.717, 1.165) is 0 Å². The fourth-order valence-electron chi connectivity index (χ4n) is 2.42. The predicted molar refractivity (Wildman–Crippen MR) is 79.4 cm³/mol. The van der Waals surface area contributed by atoms with Crippen LogP contribution in [0.2, 0.25) is 0 Å². The molecule has 10 heteroatoms. The van der Waals surface area contributed by atoms with Crippen molar-refractivity contribution in [3.05, 3.63) is 0 Å². The fraction of sp³-hybridized carbons (Fsp3) is 0.692. The first-order valence-corrected chi connectivity index (χ1v) is 7.79. The lowest BCUT2D eigenvalue weighted by Crippen LogP contribution is -2.59. The van der Waals surface area contributed by atoms with E-state index in [9.17, 15) is 14.4 Å². The highest BCUT2D eigenvalue weighted by Gasteiger charge is 2.52. The maximum Gasteiger partial charge on any atom is 0.303 e. The molecule has 23 heavy (non-hydrogen) atoms. The molecule has 2 heterocycles. The molecule has 1 saturated heterocycles. The number of thioether (sulfide) groups is 1. The zero-order valence-corrected chi connectivity index (χ0v) is 13.7. The Balaban J connectivity index is 2.26. The average Bonchev–Trinajstić information content (AvgIpc) is 2.78. The molecule has 2 aliphatic heterocycles. The normalized spacial score (nSPS) is 32.5. The van der Waals surface area contributed by atoms with Gasteiger partial charge in [0.2, 0.25) is 0 Å². The molecule has 2 rings (SSSR count). The second-order valence-corrected chi connectivity index (χ2v) is 6.19. The Morgan fingerprint density at radius 3 is 2.30 bits per heavy atom. The molecule has 5 atom stereocenters. The van der Waals surface area contributed by atoms with Crippen LogP contribution in [0.4, 0.5) is 0 Å². The van der Waals surface area contributed by atoms with E-state index in [1.165, 1.54) is 32.5 Å². The number of fused-ring (bicyclic) bond motifs is 1. The number of carbonyl (C=O) groups excluding carboxylic acids is 3. The van der Waals surface area contributed by atoms with Gasteiger partial charge < -0.3 is 24.7 Å². The number of amidine groups is 1. The first kappa shape index (κ1) is 17.5. The van der Waals surface area contributed by atoms with Gasteiger partial charge in [0.15, 0.2) is 17.4 Å². The molecular weight excluding hydrogens is 328 g/mol. The van der Waals surface area contributed by atoms with E-state index in [1.54, 1.807) is 0 Å². The molecule has 0 saturated carbocycles. The highest BCUT2D eigenvalue weighted by molar-refractivity contribution is 8.14. The molecule has 2 aliphatic rings. The van der Waals surface area contributed by atoms with Gasteiger partial charge in [-0.2, -0.15) is 0 Å². The maximum absolute atomic E-state index is 11.4. The van der Waals surface area contributed by atoms with Gasteiger partial charge in [-0.15, -0.1) is 0 Å². The topological polar surface area (TPSA) is 127 Å². The quantitative estimate of drug-likeness (QED) is 0.532. The highest BCUT2D eigenvalue weighted by atomic mass is 32.2. The molecule has 5 unspecified atom stereocenters. The Hall–Kier alpha value is -1.81. The summed E-state index contributed by atoms with van der Waals surface area (Å²) in [6.07, 6.45) is -2.61. The van der Waals surface area contributed by atoms with Crippen LogP contribution in [0.3, 0.4) is 0 Å². The van der Waals surface area contributed by atoms with Crippen molar-refractivity contribution in [2.45, 2.75) is 50.6 Å². The maximum atomic E-state index is 11.4. The van der Waals surface area contributed by atoms with Gasteiger partial charge in [0.25, 0.3) is 0 Å². The number of hydrogen-bond donors (Lipinski definition) is 1. The Kier molecular flexibility index (Phi) is 5.47. The molecule has 0 aromatic carbocycles. The molecule has 128 valence electrons. The third-order valence-electron chi connectivity index (χ3n) is 3.18. The lowest BCUT2D eigenvalue weighted by Gasteiger charge is -2.41. The lowest BCUT2D eigenvalue weighted by molar-refractivity contribution is -0.208. The second-order valence-electron chi connectivity index (χ2n) is 5.07. The molecule has 0 bridgehead atoms. The molecule has 0 aliphatic carbocycles. The molecule has 0 aromatic heterocycles. The number of hydrogen-bond acceptors (Lipinski definition) is 10. The van der Waals surface area contributed by atoms with Crippen LogP contribution in [-0.4, -0.2) is 59.5 Å². The summed E-state index contributed by atoms with van der Waals surface area (Å²) < 4.78 is 21.3.